The Morgan fingerprint density at radius 3 is 2.41 bits per heavy atom. The molecule has 0 fully saturated rings. The van der Waals surface area contributed by atoms with Crippen molar-refractivity contribution in [3.63, 3.8) is 0 Å². The summed E-state index contributed by atoms with van der Waals surface area (Å²) in [6.45, 7) is 5.85. The van der Waals surface area contributed by atoms with E-state index in [-0.39, 0.29) is 30.4 Å². The molecule has 3 aromatic rings. The molecule has 6 nitrogen and oxygen atoms in total. The number of aryl methyl sites for hydroxylation is 1. The van der Waals surface area contributed by atoms with Crippen LogP contribution in [0.25, 0.3) is 10.9 Å². The zero-order valence-electron chi connectivity index (χ0n) is 16.7. The van der Waals surface area contributed by atoms with Crippen LogP contribution in [0, 0.1) is 12.7 Å². The van der Waals surface area contributed by atoms with E-state index in [4.69, 9.17) is 0 Å². The number of carbonyl (C=O) groups is 1. The molecule has 1 amide bonds. The third-order valence-corrected chi connectivity index (χ3v) is 5.02. The maximum Gasteiger partial charge on any atom is 0.332 e. The van der Waals surface area contributed by atoms with Crippen molar-refractivity contribution in [1.29, 1.82) is 0 Å². The number of aromatic nitrogens is 2. The largest absolute Gasteiger partial charge is 0.350 e. The Kier molecular flexibility index (Phi) is 5.96. The van der Waals surface area contributed by atoms with Crippen molar-refractivity contribution in [2.45, 2.75) is 46.3 Å². The van der Waals surface area contributed by atoms with Gasteiger partial charge >= 0.3 is 5.69 Å². The first kappa shape index (κ1) is 20.5. The predicted octanol–water partition coefficient (Wildman–Crippen LogP) is 2.90. The Balaban J connectivity index is 2.04. The second kappa shape index (κ2) is 8.43. The molecule has 0 bridgehead atoms. The van der Waals surface area contributed by atoms with Gasteiger partial charge in [-0.2, -0.15) is 0 Å². The predicted molar refractivity (Wildman–Crippen MR) is 110 cm³/mol. The standard InChI is InChI=1S/C22H24FN3O3/c1-4-18(20(27)24-13-15-7-9-16(23)10-8-15)26-19-11-6-14(3)12-17(19)21(28)25(5-2)22(26)29/h6-12,18H,4-5,13H2,1-3H3,(H,24,27). The van der Waals surface area contributed by atoms with Gasteiger partial charge in [-0.25, -0.2) is 9.18 Å². The third kappa shape index (κ3) is 3.99. The molecule has 1 atom stereocenters. The van der Waals surface area contributed by atoms with Gasteiger partial charge < -0.3 is 5.32 Å². The Morgan fingerprint density at radius 1 is 1.10 bits per heavy atom. The lowest BCUT2D eigenvalue weighted by Crippen LogP contribution is -2.44. The van der Waals surface area contributed by atoms with E-state index < -0.39 is 11.7 Å². The molecule has 0 saturated heterocycles. The van der Waals surface area contributed by atoms with Gasteiger partial charge in [-0.05, 0) is 50.1 Å². The number of hydrogen-bond acceptors (Lipinski definition) is 3. The van der Waals surface area contributed by atoms with Crippen LogP contribution in [0.15, 0.2) is 52.1 Å². The van der Waals surface area contributed by atoms with Gasteiger partial charge in [0.15, 0.2) is 0 Å². The number of fused-ring (bicyclic) bond motifs is 1. The Morgan fingerprint density at radius 2 is 1.79 bits per heavy atom. The summed E-state index contributed by atoms with van der Waals surface area (Å²) in [5.41, 5.74) is 1.24. The molecule has 0 aliphatic rings. The zero-order chi connectivity index (χ0) is 21.1. The number of nitrogens with one attached hydrogen (secondary N) is 1. The maximum absolute atomic E-state index is 13.1. The van der Waals surface area contributed by atoms with Crippen LogP contribution in [0.5, 0.6) is 0 Å². The Bertz CT molecular complexity index is 1160. The van der Waals surface area contributed by atoms with E-state index in [9.17, 15) is 18.8 Å². The highest BCUT2D eigenvalue weighted by molar-refractivity contribution is 5.84. The molecular formula is C22H24FN3O3. The summed E-state index contributed by atoms with van der Waals surface area (Å²) in [4.78, 5) is 38.7. The van der Waals surface area contributed by atoms with Gasteiger partial charge in [0.1, 0.15) is 11.9 Å². The summed E-state index contributed by atoms with van der Waals surface area (Å²) in [5.74, 6) is -0.677. The Labute approximate surface area is 167 Å². The summed E-state index contributed by atoms with van der Waals surface area (Å²) < 4.78 is 15.6. The highest BCUT2D eigenvalue weighted by atomic mass is 19.1. The van der Waals surface area contributed by atoms with Crippen molar-refractivity contribution >= 4 is 16.8 Å². The van der Waals surface area contributed by atoms with Crippen LogP contribution in [-0.2, 0) is 17.9 Å². The van der Waals surface area contributed by atoms with E-state index in [1.54, 1.807) is 31.2 Å². The summed E-state index contributed by atoms with van der Waals surface area (Å²) in [5, 5.41) is 3.23. The number of nitrogens with zero attached hydrogens (tertiary/aromatic N) is 2. The van der Waals surface area contributed by atoms with E-state index in [1.165, 1.54) is 16.7 Å². The van der Waals surface area contributed by atoms with Crippen LogP contribution in [0.3, 0.4) is 0 Å². The molecule has 1 unspecified atom stereocenters. The fraction of sp³-hybridized carbons (Fsp3) is 0.318. The van der Waals surface area contributed by atoms with Crippen molar-refractivity contribution in [1.82, 2.24) is 14.5 Å². The summed E-state index contributed by atoms with van der Waals surface area (Å²) >= 11 is 0. The average molecular weight is 397 g/mol. The summed E-state index contributed by atoms with van der Waals surface area (Å²) in [6.07, 6.45) is 0.375. The average Bonchev–Trinajstić information content (AvgIpc) is 2.71. The highest BCUT2D eigenvalue weighted by Gasteiger charge is 2.24. The molecule has 1 N–H and O–H groups in total. The van der Waals surface area contributed by atoms with Crippen LogP contribution in [0.1, 0.15) is 37.4 Å². The number of benzene rings is 2. The van der Waals surface area contributed by atoms with Crippen LogP contribution >= 0.6 is 0 Å². The lowest BCUT2D eigenvalue weighted by Gasteiger charge is -2.21. The van der Waals surface area contributed by atoms with E-state index in [1.807, 2.05) is 19.9 Å². The minimum atomic E-state index is -0.772. The van der Waals surface area contributed by atoms with Gasteiger partial charge in [-0.1, -0.05) is 30.7 Å². The van der Waals surface area contributed by atoms with Gasteiger partial charge in [0.05, 0.1) is 10.9 Å². The molecule has 7 heteroatoms. The van der Waals surface area contributed by atoms with Crippen LogP contribution in [0.2, 0.25) is 0 Å². The maximum atomic E-state index is 13.1. The van der Waals surface area contributed by atoms with Crippen molar-refractivity contribution in [3.8, 4) is 0 Å². The van der Waals surface area contributed by atoms with Crippen molar-refractivity contribution in [2.75, 3.05) is 0 Å². The lowest BCUT2D eigenvalue weighted by molar-refractivity contribution is -0.124. The lowest BCUT2D eigenvalue weighted by atomic mass is 10.1. The zero-order valence-corrected chi connectivity index (χ0v) is 16.7. The molecule has 0 spiro atoms. The number of carbonyl (C=O) groups excluding carboxylic acids is 1. The third-order valence-electron chi connectivity index (χ3n) is 5.02. The second-order valence-corrected chi connectivity index (χ2v) is 6.99. The number of hydrogen-bond donors (Lipinski definition) is 1. The summed E-state index contributed by atoms with van der Waals surface area (Å²) in [7, 11) is 0. The van der Waals surface area contributed by atoms with Crippen LogP contribution in [0.4, 0.5) is 4.39 Å². The minimum Gasteiger partial charge on any atom is -0.350 e. The second-order valence-electron chi connectivity index (χ2n) is 6.99. The first-order chi connectivity index (χ1) is 13.9. The van der Waals surface area contributed by atoms with Gasteiger partial charge in [-0.15, -0.1) is 0 Å². The van der Waals surface area contributed by atoms with Gasteiger partial charge in [-0.3, -0.25) is 18.7 Å². The van der Waals surface area contributed by atoms with Crippen molar-refractivity contribution < 1.29 is 9.18 Å². The number of rotatable bonds is 6. The molecule has 152 valence electrons. The Hall–Kier alpha value is -3.22. The first-order valence-corrected chi connectivity index (χ1v) is 9.65. The summed E-state index contributed by atoms with van der Waals surface area (Å²) in [6, 6.07) is 10.3. The number of halogens is 1. The topological polar surface area (TPSA) is 73.1 Å². The molecule has 2 aromatic carbocycles. The molecule has 0 aliphatic carbocycles. The van der Waals surface area contributed by atoms with E-state index in [0.29, 0.717) is 17.3 Å². The van der Waals surface area contributed by atoms with Crippen molar-refractivity contribution in [3.05, 3.63) is 80.2 Å². The molecular weight excluding hydrogens is 373 g/mol. The van der Waals surface area contributed by atoms with Crippen LogP contribution in [-0.4, -0.2) is 15.0 Å². The van der Waals surface area contributed by atoms with Gasteiger partial charge in [0, 0.05) is 13.1 Å². The fourth-order valence-electron chi connectivity index (χ4n) is 3.47. The molecule has 0 saturated carbocycles. The van der Waals surface area contributed by atoms with Crippen LogP contribution < -0.4 is 16.6 Å². The molecule has 0 aliphatic heterocycles. The molecule has 3 rings (SSSR count). The van der Waals surface area contributed by atoms with Gasteiger partial charge in [0.2, 0.25) is 5.91 Å². The SMILES string of the molecule is CCC(C(=O)NCc1ccc(F)cc1)n1c(=O)n(CC)c(=O)c2cc(C)ccc21. The van der Waals surface area contributed by atoms with Crippen molar-refractivity contribution in [2.24, 2.45) is 0 Å². The fourth-order valence-corrected chi connectivity index (χ4v) is 3.47. The first-order valence-electron chi connectivity index (χ1n) is 9.65. The molecule has 0 radical (unpaired) electrons. The molecule has 1 aromatic heterocycles. The minimum absolute atomic E-state index is 0.217. The smallest absolute Gasteiger partial charge is 0.332 e. The molecule has 1 heterocycles. The van der Waals surface area contributed by atoms with E-state index in [2.05, 4.69) is 5.32 Å². The monoisotopic (exact) mass is 397 g/mol. The highest BCUT2D eigenvalue weighted by Crippen LogP contribution is 2.18. The molecule has 29 heavy (non-hydrogen) atoms. The van der Waals surface area contributed by atoms with Gasteiger partial charge in [0.25, 0.3) is 5.56 Å². The normalized spacial score (nSPS) is 12.1. The quantitative estimate of drug-likeness (QED) is 0.695. The van der Waals surface area contributed by atoms with E-state index >= 15 is 0 Å². The van der Waals surface area contributed by atoms with E-state index in [0.717, 1.165) is 15.7 Å². The number of amides is 1.